The summed E-state index contributed by atoms with van der Waals surface area (Å²) in [6, 6.07) is 0. The third-order valence-corrected chi connectivity index (χ3v) is 7.04. The van der Waals surface area contributed by atoms with E-state index in [1.54, 1.807) is 11.4 Å². The molecule has 1 aliphatic carbocycles. The second-order valence-corrected chi connectivity index (χ2v) is 9.14. The molecule has 1 saturated heterocycles. The molecule has 0 unspecified atom stereocenters. The molecule has 0 radical (unpaired) electrons. The minimum atomic E-state index is -3.00. The van der Waals surface area contributed by atoms with Gasteiger partial charge in [-0.2, -0.15) is 0 Å². The first kappa shape index (κ1) is 22.0. The van der Waals surface area contributed by atoms with Crippen LogP contribution in [0.3, 0.4) is 0 Å². The molecule has 2 aliphatic rings. The molecule has 0 amide bonds. The summed E-state index contributed by atoms with van der Waals surface area (Å²) >= 11 is 0. The molecule has 0 atom stereocenters. The summed E-state index contributed by atoms with van der Waals surface area (Å²) in [5, 5.41) is 3.30. The summed E-state index contributed by atoms with van der Waals surface area (Å²) in [4.78, 5) is 6.51. The smallest absolute Gasteiger partial charge is 0.214 e. The van der Waals surface area contributed by atoms with Crippen molar-refractivity contribution < 1.29 is 8.42 Å². The highest BCUT2D eigenvalue weighted by Gasteiger charge is 2.27. The molecule has 6 nitrogen and oxygen atoms in total. The zero-order valence-electron chi connectivity index (χ0n) is 15.2. The van der Waals surface area contributed by atoms with Gasteiger partial charge in [0.25, 0.3) is 0 Å². The molecular weight excluding hydrogens is 439 g/mol. The van der Waals surface area contributed by atoms with E-state index in [1.165, 1.54) is 25.7 Å². The van der Waals surface area contributed by atoms with Crippen molar-refractivity contribution in [3.63, 3.8) is 0 Å². The fourth-order valence-electron chi connectivity index (χ4n) is 3.60. The number of halogens is 1. The van der Waals surface area contributed by atoms with Crippen LogP contribution in [0.25, 0.3) is 0 Å². The Balaban J connectivity index is 0.00000288. The van der Waals surface area contributed by atoms with Crippen LogP contribution >= 0.6 is 24.0 Å². The van der Waals surface area contributed by atoms with Crippen molar-refractivity contribution in [3.8, 4) is 0 Å². The van der Waals surface area contributed by atoms with Gasteiger partial charge in [0.1, 0.15) is 0 Å². The molecule has 0 bridgehead atoms. The maximum Gasteiger partial charge on any atom is 0.214 e. The maximum absolute atomic E-state index is 11.8. The SMILES string of the molecule is CN=C(NCCN1CCCS1(=O)=O)N(C)CC1CCC(C)CC1.I. The van der Waals surface area contributed by atoms with Gasteiger partial charge in [-0.1, -0.05) is 19.8 Å². The molecule has 0 aromatic heterocycles. The summed E-state index contributed by atoms with van der Waals surface area (Å²) in [6.45, 7) is 5.15. The number of rotatable bonds is 5. The van der Waals surface area contributed by atoms with E-state index in [2.05, 4.69) is 29.2 Å². The summed E-state index contributed by atoms with van der Waals surface area (Å²) in [5.74, 6) is 2.77. The monoisotopic (exact) mass is 472 g/mol. The lowest BCUT2D eigenvalue weighted by molar-refractivity contribution is 0.250. The Kier molecular flexibility index (Phi) is 9.29. The largest absolute Gasteiger partial charge is 0.355 e. The number of aliphatic imine (C=N–C) groups is 1. The van der Waals surface area contributed by atoms with E-state index in [0.717, 1.165) is 30.8 Å². The highest BCUT2D eigenvalue weighted by atomic mass is 127. The molecule has 24 heavy (non-hydrogen) atoms. The van der Waals surface area contributed by atoms with Crippen molar-refractivity contribution in [1.82, 2.24) is 14.5 Å². The molecule has 2 fully saturated rings. The summed E-state index contributed by atoms with van der Waals surface area (Å²) in [5.41, 5.74) is 0. The van der Waals surface area contributed by atoms with Gasteiger partial charge in [-0.05, 0) is 31.1 Å². The van der Waals surface area contributed by atoms with Crippen LogP contribution in [-0.4, -0.2) is 69.6 Å². The lowest BCUT2D eigenvalue weighted by Gasteiger charge is -2.31. The van der Waals surface area contributed by atoms with Gasteiger partial charge in [0.05, 0.1) is 5.75 Å². The van der Waals surface area contributed by atoms with Crippen molar-refractivity contribution in [3.05, 3.63) is 0 Å². The van der Waals surface area contributed by atoms with Gasteiger partial charge < -0.3 is 10.2 Å². The van der Waals surface area contributed by atoms with E-state index in [1.807, 2.05) is 0 Å². The van der Waals surface area contributed by atoms with Crippen LogP contribution in [-0.2, 0) is 10.0 Å². The normalized spacial score (nSPS) is 27.5. The topological polar surface area (TPSA) is 65.0 Å². The highest BCUT2D eigenvalue weighted by Crippen LogP contribution is 2.28. The van der Waals surface area contributed by atoms with Crippen molar-refractivity contribution in [2.45, 2.75) is 39.0 Å². The van der Waals surface area contributed by atoms with Gasteiger partial charge in [0.2, 0.25) is 10.0 Å². The lowest BCUT2D eigenvalue weighted by atomic mass is 9.83. The van der Waals surface area contributed by atoms with Gasteiger partial charge in [-0.3, -0.25) is 4.99 Å². The molecule has 0 aromatic rings. The number of nitrogens with zero attached hydrogens (tertiary/aromatic N) is 3. The first-order chi connectivity index (χ1) is 10.9. The molecule has 0 aromatic carbocycles. The van der Waals surface area contributed by atoms with Crippen LogP contribution < -0.4 is 5.32 Å². The number of guanidine groups is 1. The quantitative estimate of drug-likeness (QED) is 0.378. The molecule has 142 valence electrons. The minimum Gasteiger partial charge on any atom is -0.355 e. The zero-order valence-corrected chi connectivity index (χ0v) is 18.3. The molecular formula is C16H33IN4O2S. The van der Waals surface area contributed by atoms with E-state index >= 15 is 0 Å². The first-order valence-electron chi connectivity index (χ1n) is 8.82. The predicted molar refractivity (Wildman–Crippen MR) is 111 cm³/mol. The summed E-state index contributed by atoms with van der Waals surface area (Å²) < 4.78 is 25.2. The maximum atomic E-state index is 11.8. The molecule has 1 N–H and O–H groups in total. The van der Waals surface area contributed by atoms with Crippen LogP contribution in [0.2, 0.25) is 0 Å². The molecule has 8 heteroatoms. The fourth-order valence-corrected chi connectivity index (χ4v) is 5.13. The average Bonchev–Trinajstić information content (AvgIpc) is 2.84. The molecule has 1 saturated carbocycles. The third-order valence-electron chi connectivity index (χ3n) is 5.09. The second-order valence-electron chi connectivity index (χ2n) is 7.05. The lowest BCUT2D eigenvalue weighted by Crippen LogP contribution is -2.44. The summed E-state index contributed by atoms with van der Waals surface area (Å²) in [6.07, 6.45) is 6.01. The Morgan fingerprint density at radius 2 is 1.96 bits per heavy atom. The fraction of sp³-hybridized carbons (Fsp3) is 0.938. The van der Waals surface area contributed by atoms with Crippen LogP contribution in [0.1, 0.15) is 39.0 Å². The van der Waals surface area contributed by atoms with Gasteiger partial charge in [0.15, 0.2) is 5.96 Å². The molecule has 2 rings (SSSR count). The van der Waals surface area contributed by atoms with Gasteiger partial charge in [0, 0.05) is 40.3 Å². The average molecular weight is 472 g/mol. The Bertz CT molecular complexity index is 504. The van der Waals surface area contributed by atoms with Crippen molar-refractivity contribution >= 4 is 40.0 Å². The van der Waals surface area contributed by atoms with E-state index < -0.39 is 10.0 Å². The molecule has 0 spiro atoms. The Morgan fingerprint density at radius 1 is 1.29 bits per heavy atom. The predicted octanol–water partition coefficient (Wildman–Crippen LogP) is 1.97. The van der Waals surface area contributed by atoms with Crippen LogP contribution in [0, 0.1) is 11.8 Å². The Morgan fingerprint density at radius 3 is 2.50 bits per heavy atom. The number of hydrogen-bond donors (Lipinski definition) is 1. The highest BCUT2D eigenvalue weighted by molar-refractivity contribution is 14.0. The third kappa shape index (κ3) is 6.33. The number of hydrogen-bond acceptors (Lipinski definition) is 3. The van der Waals surface area contributed by atoms with Crippen molar-refractivity contribution in [1.29, 1.82) is 0 Å². The van der Waals surface area contributed by atoms with E-state index in [-0.39, 0.29) is 24.0 Å². The first-order valence-corrected chi connectivity index (χ1v) is 10.4. The van der Waals surface area contributed by atoms with Gasteiger partial charge in [-0.25, -0.2) is 12.7 Å². The standard InChI is InChI=1S/C16H32N4O2S.HI/c1-14-5-7-15(8-6-14)13-19(3)16(17-2)18-9-11-20-10-4-12-23(20,21)22;/h14-15H,4-13H2,1-3H3,(H,17,18);1H. The number of nitrogens with one attached hydrogen (secondary N) is 1. The second kappa shape index (κ2) is 10.2. The Labute approximate surface area is 164 Å². The number of sulfonamides is 1. The Hall–Kier alpha value is -0.0900. The minimum absolute atomic E-state index is 0. The zero-order chi connectivity index (χ0) is 16.9. The van der Waals surface area contributed by atoms with Crippen LogP contribution in [0.15, 0.2) is 4.99 Å². The van der Waals surface area contributed by atoms with Gasteiger partial charge >= 0.3 is 0 Å². The van der Waals surface area contributed by atoms with Gasteiger partial charge in [-0.15, -0.1) is 24.0 Å². The molecule has 1 heterocycles. The van der Waals surface area contributed by atoms with Crippen molar-refractivity contribution in [2.24, 2.45) is 16.8 Å². The van der Waals surface area contributed by atoms with Crippen molar-refractivity contribution in [2.75, 3.05) is 46.0 Å². The van der Waals surface area contributed by atoms with E-state index in [0.29, 0.717) is 25.4 Å². The van der Waals surface area contributed by atoms with E-state index in [9.17, 15) is 8.42 Å². The summed E-state index contributed by atoms with van der Waals surface area (Å²) in [7, 11) is 0.855. The van der Waals surface area contributed by atoms with Crippen LogP contribution in [0.4, 0.5) is 0 Å². The molecule has 1 aliphatic heterocycles. The van der Waals surface area contributed by atoms with E-state index in [4.69, 9.17) is 0 Å². The van der Waals surface area contributed by atoms with Crippen LogP contribution in [0.5, 0.6) is 0 Å².